The molecule has 0 amide bonds. The van der Waals surface area contributed by atoms with Crippen LogP contribution in [0, 0.1) is 16.2 Å². The molecule has 4 rings (SSSR count). The zero-order valence-corrected chi connectivity index (χ0v) is 13.5. The average molecular weight is 292 g/mol. The average Bonchev–Trinajstić information content (AvgIpc) is 2.99. The summed E-state index contributed by atoms with van der Waals surface area (Å²) in [6.45, 7) is 5.39. The van der Waals surface area contributed by atoms with Crippen molar-refractivity contribution in [1.29, 1.82) is 0 Å². The van der Waals surface area contributed by atoms with Gasteiger partial charge in [-0.25, -0.2) is 0 Å². The number of hydrogen-bond donors (Lipinski definition) is 0. The summed E-state index contributed by atoms with van der Waals surface area (Å²) in [5.74, 6) is 0.461. The minimum absolute atomic E-state index is 0.0724. The first kappa shape index (κ1) is 14.2. The Morgan fingerprint density at radius 2 is 1.95 bits per heavy atom. The minimum atomic E-state index is -0.265. The molecule has 3 saturated carbocycles. The van der Waals surface area contributed by atoms with Gasteiger partial charge in [-0.05, 0) is 62.7 Å². The van der Waals surface area contributed by atoms with E-state index < -0.39 is 0 Å². The maximum Gasteiger partial charge on any atom is 0.157 e. The van der Waals surface area contributed by atoms with Gasteiger partial charge in [0, 0.05) is 13.0 Å². The third kappa shape index (κ3) is 1.65. The molecule has 1 heterocycles. The highest BCUT2D eigenvalue weighted by atomic mass is 16.7. The lowest BCUT2D eigenvalue weighted by atomic mass is 9.60. The minimum Gasteiger partial charge on any atom is -0.353 e. The van der Waals surface area contributed by atoms with Crippen LogP contribution in [-0.4, -0.2) is 24.8 Å². The molecule has 0 radical (unpaired) electrons. The topological polar surface area (TPSA) is 35.5 Å². The van der Waals surface area contributed by atoms with E-state index in [0.717, 1.165) is 32.3 Å². The Hall–Kier alpha value is -0.410. The van der Waals surface area contributed by atoms with Gasteiger partial charge in [0.1, 0.15) is 5.78 Å². The lowest BCUT2D eigenvalue weighted by Gasteiger charge is -2.44. The van der Waals surface area contributed by atoms with Gasteiger partial charge >= 0.3 is 0 Å². The van der Waals surface area contributed by atoms with Crippen LogP contribution >= 0.6 is 0 Å². The Morgan fingerprint density at radius 1 is 1.10 bits per heavy atom. The zero-order chi connectivity index (χ0) is 14.7. The molecular weight excluding hydrogens is 264 g/mol. The Bertz CT molecular complexity index is 455. The largest absolute Gasteiger partial charge is 0.353 e. The van der Waals surface area contributed by atoms with Crippen LogP contribution in [0.4, 0.5) is 0 Å². The second-order valence-electron chi connectivity index (χ2n) is 8.26. The molecule has 5 atom stereocenters. The van der Waals surface area contributed by atoms with Crippen molar-refractivity contribution in [3.05, 3.63) is 0 Å². The fourth-order valence-electron chi connectivity index (χ4n) is 6.32. The van der Waals surface area contributed by atoms with Gasteiger partial charge in [0.15, 0.2) is 6.29 Å². The maximum absolute atomic E-state index is 12.9. The van der Waals surface area contributed by atoms with Gasteiger partial charge in [-0.2, -0.15) is 0 Å². The van der Waals surface area contributed by atoms with Gasteiger partial charge < -0.3 is 9.47 Å². The highest BCUT2D eigenvalue weighted by Gasteiger charge is 2.74. The predicted molar refractivity (Wildman–Crippen MR) is 79.8 cm³/mol. The Balaban J connectivity index is 1.62. The molecule has 3 aliphatic carbocycles. The molecule has 0 aromatic carbocycles. The summed E-state index contributed by atoms with van der Waals surface area (Å²) >= 11 is 0. The van der Waals surface area contributed by atoms with Crippen molar-refractivity contribution in [1.82, 2.24) is 0 Å². The van der Waals surface area contributed by atoms with E-state index in [1.807, 2.05) is 0 Å². The van der Waals surface area contributed by atoms with Crippen molar-refractivity contribution in [3.63, 3.8) is 0 Å². The van der Waals surface area contributed by atoms with Crippen LogP contribution in [0.15, 0.2) is 0 Å². The fraction of sp³-hybridized carbons (Fsp3) is 0.944. The number of ether oxygens (including phenoxy) is 2. The van der Waals surface area contributed by atoms with Gasteiger partial charge in [0.2, 0.25) is 0 Å². The van der Waals surface area contributed by atoms with E-state index in [4.69, 9.17) is 9.47 Å². The number of ketones is 1. The van der Waals surface area contributed by atoms with E-state index in [1.165, 1.54) is 32.1 Å². The molecule has 118 valence electrons. The summed E-state index contributed by atoms with van der Waals surface area (Å²) in [7, 11) is 0. The number of Topliss-reactive ketones (excluding diaryl/α,β-unsaturated/α-hetero) is 1. The van der Waals surface area contributed by atoms with Crippen molar-refractivity contribution < 1.29 is 14.3 Å². The van der Waals surface area contributed by atoms with Crippen molar-refractivity contribution in [2.45, 2.75) is 84.0 Å². The second kappa shape index (κ2) is 4.55. The van der Waals surface area contributed by atoms with Crippen LogP contribution in [0.2, 0.25) is 0 Å². The quantitative estimate of drug-likeness (QED) is 0.775. The Morgan fingerprint density at radius 3 is 2.71 bits per heavy atom. The molecule has 1 saturated heterocycles. The monoisotopic (exact) mass is 292 g/mol. The van der Waals surface area contributed by atoms with E-state index in [-0.39, 0.29) is 28.6 Å². The van der Waals surface area contributed by atoms with Crippen LogP contribution in [0.3, 0.4) is 0 Å². The van der Waals surface area contributed by atoms with Crippen molar-refractivity contribution in [2.75, 3.05) is 6.61 Å². The summed E-state index contributed by atoms with van der Waals surface area (Å²) in [5, 5.41) is 0. The summed E-state index contributed by atoms with van der Waals surface area (Å²) in [6, 6.07) is 0. The fourth-order valence-corrected chi connectivity index (χ4v) is 6.32. The first-order valence-corrected chi connectivity index (χ1v) is 8.82. The van der Waals surface area contributed by atoms with Gasteiger partial charge in [-0.1, -0.05) is 13.3 Å². The van der Waals surface area contributed by atoms with Gasteiger partial charge in [0.25, 0.3) is 0 Å². The molecule has 4 fully saturated rings. The van der Waals surface area contributed by atoms with Crippen LogP contribution in [0.25, 0.3) is 0 Å². The van der Waals surface area contributed by atoms with E-state index in [1.54, 1.807) is 0 Å². The highest BCUT2D eigenvalue weighted by molar-refractivity contribution is 5.90. The molecule has 4 aliphatic rings. The van der Waals surface area contributed by atoms with Gasteiger partial charge in [-0.15, -0.1) is 0 Å². The molecular formula is C18H28O3. The van der Waals surface area contributed by atoms with E-state index in [0.29, 0.717) is 5.78 Å². The van der Waals surface area contributed by atoms with Crippen LogP contribution in [0.1, 0.15) is 71.6 Å². The molecule has 0 unspecified atom stereocenters. The second-order valence-corrected chi connectivity index (χ2v) is 8.26. The number of rotatable bonds is 2. The molecule has 0 aromatic heterocycles. The molecule has 1 spiro atoms. The molecule has 0 bridgehead atoms. The molecule has 3 nitrogen and oxygen atoms in total. The first-order valence-electron chi connectivity index (χ1n) is 8.82. The number of carbonyl (C=O) groups is 1. The maximum atomic E-state index is 12.9. The van der Waals surface area contributed by atoms with Crippen LogP contribution in [-0.2, 0) is 14.3 Å². The zero-order valence-electron chi connectivity index (χ0n) is 13.5. The molecule has 21 heavy (non-hydrogen) atoms. The van der Waals surface area contributed by atoms with E-state index in [9.17, 15) is 4.79 Å². The normalized spacial score (nSPS) is 53.0. The van der Waals surface area contributed by atoms with Gasteiger partial charge in [0.05, 0.1) is 11.5 Å². The summed E-state index contributed by atoms with van der Waals surface area (Å²) < 4.78 is 12.1. The molecule has 3 heteroatoms. The SMILES string of the molecule is C[C@@]12CCC[C@]13CC[C@H](O[C@@H]1CCCCO1)[C@@]3(C)C(=O)C2. The van der Waals surface area contributed by atoms with Crippen LogP contribution < -0.4 is 0 Å². The Labute approximate surface area is 127 Å². The first-order chi connectivity index (χ1) is 10.0. The predicted octanol–water partition coefficient (Wildman–Crippen LogP) is 3.85. The summed E-state index contributed by atoms with van der Waals surface area (Å²) in [4.78, 5) is 12.9. The third-order valence-electron chi connectivity index (χ3n) is 7.54. The lowest BCUT2D eigenvalue weighted by molar-refractivity contribution is -0.210. The van der Waals surface area contributed by atoms with E-state index in [2.05, 4.69) is 13.8 Å². The lowest BCUT2D eigenvalue weighted by Crippen LogP contribution is -2.46. The highest BCUT2D eigenvalue weighted by Crippen LogP contribution is 2.75. The molecule has 0 aromatic rings. The van der Waals surface area contributed by atoms with Gasteiger partial charge in [-0.3, -0.25) is 4.79 Å². The number of hydrogen-bond acceptors (Lipinski definition) is 3. The smallest absolute Gasteiger partial charge is 0.157 e. The third-order valence-corrected chi connectivity index (χ3v) is 7.54. The van der Waals surface area contributed by atoms with E-state index >= 15 is 0 Å². The van der Waals surface area contributed by atoms with Crippen molar-refractivity contribution in [3.8, 4) is 0 Å². The summed E-state index contributed by atoms with van der Waals surface area (Å²) in [5.41, 5.74) is 0.167. The van der Waals surface area contributed by atoms with Crippen molar-refractivity contribution >= 4 is 5.78 Å². The molecule has 1 aliphatic heterocycles. The number of carbonyl (C=O) groups excluding carboxylic acids is 1. The van der Waals surface area contributed by atoms with Crippen molar-refractivity contribution in [2.24, 2.45) is 16.2 Å². The summed E-state index contributed by atoms with van der Waals surface area (Å²) in [6.07, 6.45) is 10.0. The van der Waals surface area contributed by atoms with Crippen LogP contribution in [0.5, 0.6) is 0 Å². The standard InChI is InChI=1S/C18H28O3/c1-16-8-5-9-18(16)10-7-14(17(18,2)13(19)12-16)21-15-6-3-4-11-20-15/h14-15H,3-12H2,1-2H3/t14-,15+,16-,17+,18-/m0/s1. The Kier molecular flexibility index (Phi) is 3.07. The molecule has 0 N–H and O–H groups in total.